The van der Waals surface area contributed by atoms with Crippen LogP contribution in [0.3, 0.4) is 0 Å². The molecule has 434 valence electrons. The number of rotatable bonds is 19. The van der Waals surface area contributed by atoms with Gasteiger partial charge < -0.3 is 73.6 Å². The molecule has 0 bridgehead atoms. The Kier molecular flexibility index (Phi) is 24.1. The van der Waals surface area contributed by atoms with Crippen LogP contribution in [-0.2, 0) is 60.8 Å². The quantitative estimate of drug-likeness (QED) is 0.0293. The Labute approximate surface area is 472 Å². The molecule has 2 aromatic rings. The number of hydrogen-bond acceptors (Lipinski definition) is 14. The van der Waals surface area contributed by atoms with Gasteiger partial charge in [-0.15, -0.1) is 0 Å². The lowest BCUT2D eigenvalue weighted by Gasteiger charge is -2.30. The minimum absolute atomic E-state index is 0.00763. The Balaban J connectivity index is 1.15. The van der Waals surface area contributed by atoms with Gasteiger partial charge in [0.25, 0.3) is 0 Å². The summed E-state index contributed by atoms with van der Waals surface area (Å²) in [6.45, 7) is -1.11. The van der Waals surface area contributed by atoms with Crippen molar-refractivity contribution in [3.05, 3.63) is 71.8 Å². The minimum atomic E-state index is -1.11. The third-order valence-electron chi connectivity index (χ3n) is 13.9. The molecule has 6 rings (SSSR count). The average molecular weight is 1150 g/mol. The first-order valence-corrected chi connectivity index (χ1v) is 29.4. The molecular weight excluding hydrogens is 1070 g/mol. The van der Waals surface area contributed by atoms with Gasteiger partial charge in [0.2, 0.25) is 59.1 Å². The number of guanidine groups is 2. The molecule has 80 heavy (non-hydrogen) atoms. The van der Waals surface area contributed by atoms with Crippen LogP contribution < -0.4 is 54.0 Å². The van der Waals surface area contributed by atoms with Crippen LogP contribution in [0.25, 0.3) is 0 Å². The van der Waals surface area contributed by atoms with E-state index in [-0.39, 0.29) is 88.4 Å². The molecule has 6 atom stereocenters. The molecule has 0 aromatic heterocycles. The number of carbonyl (C=O) groups excluding carboxylic acids is 10. The predicted octanol–water partition coefficient (Wildman–Crippen LogP) is -2.78. The highest BCUT2D eigenvalue weighted by Gasteiger charge is 2.41. The van der Waals surface area contributed by atoms with Crippen molar-refractivity contribution < 1.29 is 47.9 Å². The molecule has 0 aliphatic carbocycles. The van der Waals surface area contributed by atoms with Gasteiger partial charge in [-0.1, -0.05) is 82.3 Å². The maximum atomic E-state index is 14.2. The van der Waals surface area contributed by atoms with Crippen LogP contribution in [0, 0.1) is 10.8 Å². The van der Waals surface area contributed by atoms with Gasteiger partial charge >= 0.3 is 0 Å². The summed E-state index contributed by atoms with van der Waals surface area (Å²) in [7, 11) is 2.59. The predicted molar refractivity (Wildman–Crippen MR) is 300 cm³/mol. The van der Waals surface area contributed by atoms with E-state index in [1.54, 1.807) is 48.5 Å². The fourth-order valence-electron chi connectivity index (χ4n) is 9.85. The van der Waals surface area contributed by atoms with E-state index >= 15 is 0 Å². The molecule has 4 saturated heterocycles. The van der Waals surface area contributed by atoms with Gasteiger partial charge in [0, 0.05) is 63.6 Å². The van der Waals surface area contributed by atoms with Crippen molar-refractivity contribution in [1.82, 2.24) is 62.1 Å². The van der Waals surface area contributed by atoms with E-state index in [0.717, 1.165) is 11.1 Å². The second kappa shape index (κ2) is 31.2. The van der Waals surface area contributed by atoms with Crippen molar-refractivity contribution in [2.45, 2.75) is 100 Å². The number of nitrogens with one attached hydrogen (secondary N) is 10. The van der Waals surface area contributed by atoms with Crippen LogP contribution in [0.2, 0.25) is 0 Å². The molecule has 26 nitrogen and oxygen atoms in total. The van der Waals surface area contributed by atoms with Gasteiger partial charge in [-0.3, -0.25) is 58.8 Å². The van der Waals surface area contributed by atoms with Crippen LogP contribution in [0.4, 0.5) is 0 Å². The highest BCUT2D eigenvalue weighted by atomic mass is 33.1. The maximum Gasteiger partial charge on any atom is 0.245 e. The maximum absolute atomic E-state index is 14.2. The first-order chi connectivity index (χ1) is 38.5. The number of fused-ring (bicyclic) bond motifs is 2. The van der Waals surface area contributed by atoms with E-state index in [2.05, 4.69) is 42.5 Å². The van der Waals surface area contributed by atoms with E-state index in [9.17, 15) is 47.9 Å². The number of amides is 10. The summed E-state index contributed by atoms with van der Waals surface area (Å²) in [4.78, 5) is 145. The molecule has 2 aromatic carbocycles. The molecule has 4 heterocycles. The van der Waals surface area contributed by atoms with E-state index in [4.69, 9.17) is 22.3 Å². The van der Waals surface area contributed by atoms with Gasteiger partial charge in [-0.2, -0.15) is 0 Å². The Morgan fingerprint density at radius 2 is 0.925 bits per heavy atom. The second-order valence-electron chi connectivity index (χ2n) is 19.8. The lowest BCUT2D eigenvalue weighted by molar-refractivity contribution is -0.142. The van der Waals surface area contributed by atoms with Crippen LogP contribution in [0.1, 0.15) is 62.5 Å². The van der Waals surface area contributed by atoms with E-state index < -0.39 is 122 Å². The van der Waals surface area contributed by atoms with E-state index in [1.807, 2.05) is 12.1 Å². The molecule has 4 aliphatic rings. The van der Waals surface area contributed by atoms with Crippen molar-refractivity contribution in [3.63, 3.8) is 0 Å². The summed E-state index contributed by atoms with van der Waals surface area (Å²) in [6, 6.07) is 11.7. The zero-order chi connectivity index (χ0) is 57.6. The monoisotopic (exact) mass is 1150 g/mol. The Morgan fingerprint density at radius 3 is 1.30 bits per heavy atom. The van der Waals surface area contributed by atoms with Crippen LogP contribution in [0.5, 0.6) is 0 Å². The molecular formula is C52H74N16O10S2. The highest BCUT2D eigenvalue weighted by Crippen LogP contribution is 2.24. The SMILES string of the molecule is N=C(N)NCCC[C@H]1NC(=O)CN(CCSSCCN2CC(=O)N[C@H](CCCNC(=N)N)C(=O)N3CCC[C@@H]3C(=O)N[C@H](Cc3ccccc3)C(=O)NCC2=O)C(=O)CNC(=O)[C@@H](Cc2ccccc2)NC(=O)[C@H]2CCCN2C1=O. The number of benzene rings is 2. The van der Waals surface area contributed by atoms with Crippen molar-refractivity contribution >= 4 is 92.6 Å². The molecule has 0 radical (unpaired) electrons. The first-order valence-electron chi connectivity index (χ1n) is 26.9. The van der Waals surface area contributed by atoms with Gasteiger partial charge in [0.1, 0.15) is 36.3 Å². The molecule has 14 N–H and O–H groups in total. The fraction of sp³-hybridized carbons (Fsp3) is 0.538. The number of hydrogen-bond donors (Lipinski definition) is 12. The topological polar surface area (TPSA) is 380 Å². The fourth-order valence-corrected chi connectivity index (χ4v) is 11.8. The largest absolute Gasteiger partial charge is 0.370 e. The van der Waals surface area contributed by atoms with Crippen molar-refractivity contribution in [3.8, 4) is 0 Å². The molecule has 0 saturated carbocycles. The number of carbonyl (C=O) groups is 10. The average Bonchev–Trinajstić information content (AvgIpc) is 4.16. The number of nitrogens with two attached hydrogens (primary N) is 2. The zero-order valence-electron chi connectivity index (χ0n) is 44.6. The van der Waals surface area contributed by atoms with Gasteiger partial charge in [0.15, 0.2) is 11.9 Å². The van der Waals surface area contributed by atoms with Gasteiger partial charge in [0.05, 0.1) is 26.2 Å². The molecule has 4 aliphatic heterocycles. The van der Waals surface area contributed by atoms with E-state index in [0.29, 0.717) is 38.5 Å². The summed E-state index contributed by atoms with van der Waals surface area (Å²) in [6.07, 6.45) is 2.72. The molecule has 0 spiro atoms. The van der Waals surface area contributed by atoms with E-state index in [1.165, 1.54) is 41.2 Å². The summed E-state index contributed by atoms with van der Waals surface area (Å²) >= 11 is 0. The molecule has 0 unspecified atom stereocenters. The van der Waals surface area contributed by atoms with Gasteiger partial charge in [-0.05, 0) is 62.5 Å². The third kappa shape index (κ3) is 19.0. The lowest BCUT2D eigenvalue weighted by Crippen LogP contribution is -2.56. The van der Waals surface area contributed by atoms with Crippen molar-refractivity contribution in [1.29, 1.82) is 10.8 Å². The first kappa shape index (κ1) is 61.6. The van der Waals surface area contributed by atoms with Crippen LogP contribution >= 0.6 is 21.6 Å². The Morgan fingerprint density at radius 1 is 0.537 bits per heavy atom. The molecule has 28 heteroatoms. The Bertz CT molecular complexity index is 2380. The lowest BCUT2D eigenvalue weighted by atomic mass is 10.0. The summed E-state index contributed by atoms with van der Waals surface area (Å²) < 4.78 is 0. The smallest absolute Gasteiger partial charge is 0.245 e. The highest BCUT2D eigenvalue weighted by molar-refractivity contribution is 8.76. The zero-order valence-corrected chi connectivity index (χ0v) is 46.3. The second-order valence-corrected chi connectivity index (χ2v) is 22.5. The molecule has 4 fully saturated rings. The Hall–Kier alpha value is -7.62. The van der Waals surface area contributed by atoms with Crippen LogP contribution in [-0.4, -0.2) is 204 Å². The number of nitrogens with zero attached hydrogens (tertiary/aromatic N) is 4. The summed E-state index contributed by atoms with van der Waals surface area (Å²) in [5.74, 6) is -6.01. The normalized spacial score (nSPS) is 23.1. The third-order valence-corrected chi connectivity index (χ3v) is 16.3. The minimum Gasteiger partial charge on any atom is -0.370 e. The standard InChI is InChI=1S/C52H74N16O10S2/c53-51(54)57-19-7-15-35-49(77)67-21-9-17-39(67)47(75)63-37(27-33-11-3-1-4-12-33)45(73)59-29-43(71)65(31-41(69)61-35)23-25-79-80-26-24-66-32-42(70)62-36(16-8-20-58-52(55)56)50(78)68-22-10-18-40(68)48(76)64-38(46(74)60-30-44(66)72)28-34-13-5-2-6-14-34/h1-6,11-14,35-40H,7-10,15-32H2,(H,59,73)(H,60,74)(H,61,69)(H,62,70)(H,63,75)(H,64,76)(H4,53,54,57)(H4,55,56,58)/t35-,36-,37-,38-,39-,40-/m1/s1. The molecule has 10 amide bonds. The van der Waals surface area contributed by atoms with Crippen molar-refractivity contribution in [2.24, 2.45) is 11.5 Å². The van der Waals surface area contributed by atoms with Crippen LogP contribution in [0.15, 0.2) is 60.7 Å². The summed E-state index contributed by atoms with van der Waals surface area (Å²) in [5.41, 5.74) is 12.4. The van der Waals surface area contributed by atoms with Gasteiger partial charge in [-0.25, -0.2) is 0 Å². The summed E-state index contributed by atoms with van der Waals surface area (Å²) in [5, 5.41) is 36.9. The van der Waals surface area contributed by atoms with Crippen molar-refractivity contribution in [2.75, 3.05) is 77.0 Å².